The standard InChI is InChI=1S/C17H16N2O/c1-19(2)13-9-7-12(8-10-13)15-11-17(20)18-16-6-4-3-5-14(15)16/h3-11H,1-2H3,(H,18,20). The summed E-state index contributed by atoms with van der Waals surface area (Å²) in [5.74, 6) is 0. The minimum Gasteiger partial charge on any atom is -0.378 e. The first-order valence-corrected chi connectivity index (χ1v) is 6.55. The Kier molecular flexibility index (Phi) is 3.03. The Labute approximate surface area is 117 Å². The van der Waals surface area contributed by atoms with Gasteiger partial charge in [-0.05, 0) is 29.3 Å². The van der Waals surface area contributed by atoms with Crippen molar-refractivity contribution in [1.82, 2.24) is 4.98 Å². The molecule has 0 bridgehead atoms. The van der Waals surface area contributed by atoms with Crippen LogP contribution in [0.2, 0.25) is 0 Å². The Morgan fingerprint density at radius 1 is 0.950 bits per heavy atom. The van der Waals surface area contributed by atoms with Gasteiger partial charge < -0.3 is 9.88 Å². The van der Waals surface area contributed by atoms with E-state index in [2.05, 4.69) is 34.1 Å². The number of hydrogen-bond acceptors (Lipinski definition) is 2. The lowest BCUT2D eigenvalue weighted by molar-refractivity contribution is 1.13. The molecule has 0 atom stereocenters. The molecule has 0 unspecified atom stereocenters. The van der Waals surface area contributed by atoms with Gasteiger partial charge in [0.15, 0.2) is 0 Å². The quantitative estimate of drug-likeness (QED) is 0.771. The molecule has 1 aromatic heterocycles. The van der Waals surface area contributed by atoms with Crippen LogP contribution in [0.3, 0.4) is 0 Å². The van der Waals surface area contributed by atoms with Crippen molar-refractivity contribution < 1.29 is 0 Å². The maximum absolute atomic E-state index is 11.8. The van der Waals surface area contributed by atoms with Gasteiger partial charge in [0.25, 0.3) is 0 Å². The lowest BCUT2D eigenvalue weighted by Crippen LogP contribution is -2.08. The Morgan fingerprint density at radius 3 is 2.35 bits per heavy atom. The molecule has 0 radical (unpaired) electrons. The number of pyridine rings is 1. The van der Waals surface area contributed by atoms with Crippen LogP contribution in [-0.4, -0.2) is 19.1 Å². The molecule has 1 N–H and O–H groups in total. The normalized spacial score (nSPS) is 10.7. The molecular weight excluding hydrogens is 248 g/mol. The van der Waals surface area contributed by atoms with E-state index in [1.165, 1.54) is 0 Å². The Balaban J connectivity index is 2.21. The lowest BCUT2D eigenvalue weighted by atomic mass is 10.0. The Hall–Kier alpha value is -2.55. The van der Waals surface area contributed by atoms with Crippen molar-refractivity contribution in [3.63, 3.8) is 0 Å². The van der Waals surface area contributed by atoms with E-state index in [1.54, 1.807) is 6.07 Å². The highest BCUT2D eigenvalue weighted by Gasteiger charge is 2.06. The second kappa shape index (κ2) is 4.85. The highest BCUT2D eigenvalue weighted by atomic mass is 16.1. The maximum Gasteiger partial charge on any atom is 0.249 e. The predicted molar refractivity (Wildman–Crippen MR) is 84.3 cm³/mol. The fourth-order valence-electron chi connectivity index (χ4n) is 2.38. The summed E-state index contributed by atoms with van der Waals surface area (Å²) in [6.07, 6.45) is 0. The summed E-state index contributed by atoms with van der Waals surface area (Å²) in [5, 5.41) is 1.06. The zero-order valence-electron chi connectivity index (χ0n) is 11.6. The zero-order chi connectivity index (χ0) is 14.1. The van der Waals surface area contributed by atoms with Gasteiger partial charge in [0.2, 0.25) is 5.56 Å². The molecule has 0 saturated carbocycles. The molecule has 3 heteroatoms. The van der Waals surface area contributed by atoms with Crippen LogP contribution in [0.4, 0.5) is 5.69 Å². The molecule has 0 saturated heterocycles. The monoisotopic (exact) mass is 264 g/mol. The van der Waals surface area contributed by atoms with E-state index in [-0.39, 0.29) is 5.56 Å². The highest BCUT2D eigenvalue weighted by Crippen LogP contribution is 2.27. The van der Waals surface area contributed by atoms with Gasteiger partial charge in [0.1, 0.15) is 0 Å². The number of benzene rings is 2. The van der Waals surface area contributed by atoms with Crippen molar-refractivity contribution in [2.24, 2.45) is 0 Å². The molecule has 0 fully saturated rings. The van der Waals surface area contributed by atoms with Crippen molar-refractivity contribution >= 4 is 16.6 Å². The van der Waals surface area contributed by atoms with Crippen molar-refractivity contribution in [3.8, 4) is 11.1 Å². The van der Waals surface area contributed by atoms with Gasteiger partial charge in [-0.2, -0.15) is 0 Å². The van der Waals surface area contributed by atoms with Crippen LogP contribution in [0.25, 0.3) is 22.0 Å². The number of fused-ring (bicyclic) bond motifs is 1. The van der Waals surface area contributed by atoms with Crippen molar-refractivity contribution in [3.05, 3.63) is 65.0 Å². The lowest BCUT2D eigenvalue weighted by Gasteiger charge is -2.13. The molecule has 0 amide bonds. The van der Waals surface area contributed by atoms with Crippen LogP contribution in [0.5, 0.6) is 0 Å². The third-order valence-corrected chi connectivity index (χ3v) is 3.45. The molecule has 0 aliphatic carbocycles. The van der Waals surface area contributed by atoms with Crippen LogP contribution in [-0.2, 0) is 0 Å². The highest BCUT2D eigenvalue weighted by molar-refractivity contribution is 5.94. The summed E-state index contributed by atoms with van der Waals surface area (Å²) in [6, 6.07) is 17.8. The Morgan fingerprint density at radius 2 is 1.65 bits per heavy atom. The topological polar surface area (TPSA) is 36.1 Å². The van der Waals surface area contributed by atoms with E-state index in [4.69, 9.17) is 0 Å². The number of nitrogens with zero attached hydrogens (tertiary/aromatic N) is 1. The van der Waals surface area contributed by atoms with Crippen molar-refractivity contribution in [2.45, 2.75) is 0 Å². The van der Waals surface area contributed by atoms with E-state index in [0.717, 1.165) is 27.7 Å². The summed E-state index contributed by atoms with van der Waals surface area (Å²) in [4.78, 5) is 16.7. The summed E-state index contributed by atoms with van der Waals surface area (Å²) in [6.45, 7) is 0. The van der Waals surface area contributed by atoms with Gasteiger partial charge in [-0.1, -0.05) is 30.3 Å². The third-order valence-electron chi connectivity index (χ3n) is 3.45. The first kappa shape index (κ1) is 12.5. The maximum atomic E-state index is 11.8. The van der Waals surface area contributed by atoms with Crippen LogP contribution < -0.4 is 10.5 Å². The van der Waals surface area contributed by atoms with Gasteiger partial charge in [-0.25, -0.2) is 0 Å². The summed E-state index contributed by atoms with van der Waals surface area (Å²) in [5.41, 5.74) is 3.96. The molecule has 0 aliphatic rings. The zero-order valence-corrected chi connectivity index (χ0v) is 11.6. The van der Waals surface area contributed by atoms with Gasteiger partial charge in [0, 0.05) is 36.8 Å². The molecule has 3 aromatic rings. The van der Waals surface area contributed by atoms with E-state index in [1.807, 2.05) is 38.4 Å². The van der Waals surface area contributed by atoms with Gasteiger partial charge in [0.05, 0.1) is 0 Å². The number of nitrogens with one attached hydrogen (secondary N) is 1. The SMILES string of the molecule is CN(C)c1ccc(-c2cc(=O)[nH]c3ccccc23)cc1. The van der Waals surface area contributed by atoms with E-state index >= 15 is 0 Å². The summed E-state index contributed by atoms with van der Waals surface area (Å²) in [7, 11) is 4.02. The van der Waals surface area contributed by atoms with E-state index < -0.39 is 0 Å². The minimum absolute atomic E-state index is 0.0737. The van der Waals surface area contributed by atoms with Crippen LogP contribution in [0.1, 0.15) is 0 Å². The number of aromatic amines is 1. The van der Waals surface area contributed by atoms with Crippen molar-refractivity contribution in [1.29, 1.82) is 0 Å². The average molecular weight is 264 g/mol. The molecule has 0 aliphatic heterocycles. The molecular formula is C17H16N2O. The number of para-hydroxylation sites is 1. The number of aromatic nitrogens is 1. The predicted octanol–water partition coefficient (Wildman–Crippen LogP) is 3.26. The van der Waals surface area contributed by atoms with E-state index in [0.29, 0.717) is 0 Å². The van der Waals surface area contributed by atoms with Crippen LogP contribution >= 0.6 is 0 Å². The molecule has 2 aromatic carbocycles. The first-order chi connectivity index (χ1) is 9.65. The fourth-order valence-corrected chi connectivity index (χ4v) is 2.38. The summed E-state index contributed by atoms with van der Waals surface area (Å²) < 4.78 is 0. The van der Waals surface area contributed by atoms with Crippen LogP contribution in [0.15, 0.2) is 59.4 Å². The minimum atomic E-state index is -0.0737. The smallest absolute Gasteiger partial charge is 0.249 e. The van der Waals surface area contributed by atoms with E-state index in [9.17, 15) is 4.79 Å². The van der Waals surface area contributed by atoms with Gasteiger partial charge in [-0.3, -0.25) is 4.79 Å². The molecule has 100 valence electrons. The summed E-state index contributed by atoms with van der Waals surface area (Å²) >= 11 is 0. The van der Waals surface area contributed by atoms with Gasteiger partial charge >= 0.3 is 0 Å². The van der Waals surface area contributed by atoms with Gasteiger partial charge in [-0.15, -0.1) is 0 Å². The number of anilines is 1. The second-order valence-electron chi connectivity index (χ2n) is 5.03. The number of hydrogen-bond donors (Lipinski definition) is 1. The average Bonchev–Trinajstić information content (AvgIpc) is 2.46. The van der Waals surface area contributed by atoms with Crippen molar-refractivity contribution in [2.75, 3.05) is 19.0 Å². The molecule has 1 heterocycles. The first-order valence-electron chi connectivity index (χ1n) is 6.55. The number of rotatable bonds is 2. The largest absolute Gasteiger partial charge is 0.378 e. The molecule has 3 rings (SSSR count). The third kappa shape index (κ3) is 2.18. The number of H-pyrrole nitrogens is 1. The molecule has 20 heavy (non-hydrogen) atoms. The Bertz CT molecular complexity index is 801. The molecule has 0 spiro atoms. The second-order valence-corrected chi connectivity index (χ2v) is 5.03. The van der Waals surface area contributed by atoms with Crippen LogP contribution in [0, 0.1) is 0 Å². The fraction of sp³-hybridized carbons (Fsp3) is 0.118. The molecule has 3 nitrogen and oxygen atoms in total.